The number of hydrogen-bond donors (Lipinski definition) is 2. The first-order valence-electron chi connectivity index (χ1n) is 10.1. The van der Waals surface area contributed by atoms with Gasteiger partial charge in [-0.3, -0.25) is 0 Å². The van der Waals surface area contributed by atoms with Crippen LogP contribution in [-0.2, 0) is 25.6 Å². The summed E-state index contributed by atoms with van der Waals surface area (Å²) in [6, 6.07) is 7.76. The fourth-order valence-electron chi connectivity index (χ4n) is 3.52. The largest absolute Gasteiger partial charge is 0.494 e. The molecule has 0 radical (unpaired) electrons. The van der Waals surface area contributed by atoms with E-state index in [2.05, 4.69) is 6.92 Å². The molecule has 2 aliphatic rings. The molecule has 7 nitrogen and oxygen atoms in total. The Labute approximate surface area is 166 Å². The van der Waals surface area contributed by atoms with Gasteiger partial charge in [0.1, 0.15) is 30.2 Å². The van der Waals surface area contributed by atoms with Crippen LogP contribution in [0.3, 0.4) is 0 Å². The minimum Gasteiger partial charge on any atom is -0.494 e. The number of fused-ring (bicyclic) bond motifs is 1. The highest BCUT2D eigenvalue weighted by molar-refractivity contribution is 5.26. The first-order valence-corrected chi connectivity index (χ1v) is 10.1. The van der Waals surface area contributed by atoms with Crippen molar-refractivity contribution in [2.75, 3.05) is 13.2 Å². The lowest BCUT2D eigenvalue weighted by Gasteiger charge is -2.28. The van der Waals surface area contributed by atoms with E-state index in [4.69, 9.17) is 23.7 Å². The molecule has 28 heavy (non-hydrogen) atoms. The lowest BCUT2D eigenvalue weighted by molar-refractivity contribution is -0.232. The maximum absolute atomic E-state index is 10.1. The molecule has 0 saturated carbocycles. The van der Waals surface area contributed by atoms with Crippen LogP contribution >= 0.6 is 0 Å². The van der Waals surface area contributed by atoms with Crippen LogP contribution in [0, 0.1) is 0 Å². The molecule has 0 aliphatic carbocycles. The van der Waals surface area contributed by atoms with Crippen molar-refractivity contribution >= 4 is 0 Å². The molecule has 0 amide bonds. The van der Waals surface area contributed by atoms with Crippen molar-refractivity contribution in [3.8, 4) is 5.75 Å². The molecule has 158 valence electrons. The first kappa shape index (κ1) is 21.5. The Hall–Kier alpha value is -1.22. The number of hydrogen-bond acceptors (Lipinski definition) is 7. The SMILES string of the molecule is CCCCCOc1ccc(CO[C@@H]2[C@@H]3OC(C)(C)O[C@H]3O[C@@H]2[C@@H](O)CO)cc1. The third kappa shape index (κ3) is 5.23. The molecule has 2 aliphatic heterocycles. The van der Waals surface area contributed by atoms with Crippen LogP contribution in [0.4, 0.5) is 0 Å². The standard InChI is InChI=1S/C21H32O7/c1-4-5-6-11-24-15-9-7-14(8-10-15)13-25-18-17(16(23)12-22)26-20-19(18)27-21(2,3)28-20/h7-10,16-20,22-23H,4-6,11-13H2,1-3H3/t16-,17+,18-,19-,20+/m0/s1. The average molecular weight is 396 g/mol. The maximum atomic E-state index is 10.1. The third-order valence-corrected chi connectivity index (χ3v) is 4.98. The van der Waals surface area contributed by atoms with Crippen LogP contribution in [0.1, 0.15) is 45.6 Å². The Morgan fingerprint density at radius 2 is 1.89 bits per heavy atom. The van der Waals surface area contributed by atoms with E-state index in [1.54, 1.807) is 0 Å². The van der Waals surface area contributed by atoms with Gasteiger partial charge in [0.15, 0.2) is 12.1 Å². The lowest BCUT2D eigenvalue weighted by atomic mass is 10.1. The van der Waals surface area contributed by atoms with Gasteiger partial charge in [-0.05, 0) is 38.0 Å². The van der Waals surface area contributed by atoms with E-state index in [-0.39, 0.29) is 0 Å². The van der Waals surface area contributed by atoms with Crippen LogP contribution in [0.15, 0.2) is 24.3 Å². The highest BCUT2D eigenvalue weighted by Gasteiger charge is 2.56. The van der Waals surface area contributed by atoms with E-state index in [0.29, 0.717) is 6.61 Å². The normalized spacial score (nSPS) is 29.6. The minimum absolute atomic E-state index is 0.325. The summed E-state index contributed by atoms with van der Waals surface area (Å²) in [6.07, 6.45) is -0.00224. The Morgan fingerprint density at radius 3 is 2.57 bits per heavy atom. The summed E-state index contributed by atoms with van der Waals surface area (Å²) in [7, 11) is 0. The van der Waals surface area contributed by atoms with E-state index in [9.17, 15) is 10.2 Å². The van der Waals surface area contributed by atoms with E-state index in [1.165, 1.54) is 12.8 Å². The molecule has 0 aromatic heterocycles. The number of unbranched alkanes of at least 4 members (excludes halogenated alkanes) is 2. The van der Waals surface area contributed by atoms with Gasteiger partial charge in [-0.25, -0.2) is 0 Å². The molecule has 3 rings (SSSR count). The average Bonchev–Trinajstić information content (AvgIpc) is 3.15. The predicted octanol–water partition coefficient (Wildman–Crippen LogP) is 2.37. The van der Waals surface area contributed by atoms with Gasteiger partial charge in [-0.15, -0.1) is 0 Å². The van der Waals surface area contributed by atoms with Gasteiger partial charge >= 0.3 is 0 Å². The summed E-state index contributed by atoms with van der Waals surface area (Å²) in [6.45, 7) is 6.41. The van der Waals surface area contributed by atoms with E-state index < -0.39 is 43.1 Å². The van der Waals surface area contributed by atoms with Crippen molar-refractivity contribution < 1.29 is 33.9 Å². The minimum atomic E-state index is -1.06. The summed E-state index contributed by atoms with van der Waals surface area (Å²) in [5.74, 6) is 0.0648. The fraction of sp³-hybridized carbons (Fsp3) is 0.714. The summed E-state index contributed by atoms with van der Waals surface area (Å²) in [4.78, 5) is 0. The summed E-state index contributed by atoms with van der Waals surface area (Å²) in [5, 5.41) is 19.4. The Bertz CT molecular complexity index is 603. The van der Waals surface area contributed by atoms with Crippen LogP contribution < -0.4 is 4.74 Å². The van der Waals surface area contributed by atoms with Gasteiger partial charge in [0, 0.05) is 0 Å². The Balaban J connectivity index is 1.56. The first-order chi connectivity index (χ1) is 13.4. The monoisotopic (exact) mass is 396 g/mol. The molecule has 2 saturated heterocycles. The highest BCUT2D eigenvalue weighted by atomic mass is 16.8. The molecule has 0 spiro atoms. The molecule has 2 fully saturated rings. The van der Waals surface area contributed by atoms with Crippen LogP contribution in [0.5, 0.6) is 5.75 Å². The predicted molar refractivity (Wildman–Crippen MR) is 102 cm³/mol. The second-order valence-corrected chi connectivity index (χ2v) is 7.79. The van der Waals surface area contributed by atoms with Gasteiger partial charge in [-0.1, -0.05) is 31.9 Å². The zero-order chi connectivity index (χ0) is 20.1. The highest BCUT2D eigenvalue weighted by Crippen LogP contribution is 2.39. The van der Waals surface area contributed by atoms with E-state index in [0.717, 1.165) is 24.3 Å². The Kier molecular flexibility index (Phi) is 7.31. The van der Waals surface area contributed by atoms with Crippen molar-refractivity contribution in [2.45, 2.75) is 83.1 Å². The number of aliphatic hydroxyl groups excluding tert-OH is 2. The van der Waals surface area contributed by atoms with Gasteiger partial charge in [0.05, 0.1) is 19.8 Å². The second kappa shape index (κ2) is 9.52. The molecule has 5 atom stereocenters. The van der Waals surface area contributed by atoms with Gasteiger partial charge in [0.2, 0.25) is 0 Å². The van der Waals surface area contributed by atoms with Crippen molar-refractivity contribution in [1.82, 2.24) is 0 Å². The molecule has 7 heteroatoms. The summed E-state index contributed by atoms with van der Waals surface area (Å²) < 4.78 is 29.1. The topological polar surface area (TPSA) is 86.6 Å². The van der Waals surface area contributed by atoms with E-state index >= 15 is 0 Å². The molecule has 1 aromatic carbocycles. The number of ether oxygens (including phenoxy) is 5. The zero-order valence-electron chi connectivity index (χ0n) is 16.9. The molecule has 2 N–H and O–H groups in total. The van der Waals surface area contributed by atoms with Crippen molar-refractivity contribution in [2.24, 2.45) is 0 Å². The molecule has 0 unspecified atom stereocenters. The Morgan fingerprint density at radius 1 is 1.14 bits per heavy atom. The summed E-state index contributed by atoms with van der Waals surface area (Å²) in [5.41, 5.74) is 0.972. The smallest absolute Gasteiger partial charge is 0.190 e. The van der Waals surface area contributed by atoms with Gasteiger partial charge in [-0.2, -0.15) is 0 Å². The van der Waals surface area contributed by atoms with Gasteiger partial charge < -0.3 is 33.9 Å². The molecular formula is C21H32O7. The van der Waals surface area contributed by atoms with Crippen LogP contribution in [-0.4, -0.2) is 59.9 Å². The lowest BCUT2D eigenvalue weighted by Crippen LogP contribution is -2.44. The second-order valence-electron chi connectivity index (χ2n) is 7.79. The molecule has 2 heterocycles. The third-order valence-electron chi connectivity index (χ3n) is 4.98. The zero-order valence-corrected chi connectivity index (χ0v) is 16.9. The quantitative estimate of drug-likeness (QED) is 0.587. The van der Waals surface area contributed by atoms with Crippen molar-refractivity contribution in [3.05, 3.63) is 29.8 Å². The maximum Gasteiger partial charge on any atom is 0.190 e. The number of benzene rings is 1. The van der Waals surface area contributed by atoms with Crippen molar-refractivity contribution in [3.63, 3.8) is 0 Å². The molecular weight excluding hydrogens is 364 g/mol. The fourth-order valence-corrected chi connectivity index (χ4v) is 3.52. The van der Waals surface area contributed by atoms with Gasteiger partial charge in [0.25, 0.3) is 0 Å². The number of aliphatic hydroxyl groups is 2. The van der Waals surface area contributed by atoms with Crippen LogP contribution in [0.25, 0.3) is 0 Å². The van der Waals surface area contributed by atoms with Crippen LogP contribution in [0.2, 0.25) is 0 Å². The van der Waals surface area contributed by atoms with Crippen molar-refractivity contribution in [1.29, 1.82) is 0 Å². The number of rotatable bonds is 10. The molecule has 1 aromatic rings. The van der Waals surface area contributed by atoms with E-state index in [1.807, 2.05) is 38.1 Å². The summed E-state index contributed by atoms with van der Waals surface area (Å²) >= 11 is 0. The molecule has 0 bridgehead atoms.